The molecule has 0 saturated carbocycles. The summed E-state index contributed by atoms with van der Waals surface area (Å²) in [5.41, 5.74) is 2.71. The van der Waals surface area contributed by atoms with E-state index in [4.69, 9.17) is 9.26 Å². The number of rotatable bonds is 7. The van der Waals surface area contributed by atoms with Gasteiger partial charge in [-0.2, -0.15) is 0 Å². The van der Waals surface area contributed by atoms with Gasteiger partial charge < -0.3 is 19.5 Å². The third kappa shape index (κ3) is 4.89. The molecule has 1 aliphatic heterocycles. The number of fused-ring (bicyclic) bond motifs is 1. The molecule has 1 amide bonds. The Morgan fingerprint density at radius 1 is 1.11 bits per heavy atom. The van der Waals surface area contributed by atoms with E-state index in [1.807, 2.05) is 55.1 Å². The number of aromatic nitrogens is 1. The minimum Gasteiger partial charge on any atom is -0.488 e. The number of nitrogens with zero attached hydrogens (tertiary/aromatic N) is 2. The van der Waals surface area contributed by atoms with Gasteiger partial charge in [0.2, 0.25) is 0 Å². The fourth-order valence-electron chi connectivity index (χ4n) is 4.62. The number of benzene rings is 3. The van der Waals surface area contributed by atoms with E-state index in [0.717, 1.165) is 34.5 Å². The van der Waals surface area contributed by atoms with E-state index in [9.17, 15) is 13.6 Å². The van der Waals surface area contributed by atoms with Crippen molar-refractivity contribution in [3.05, 3.63) is 88.8 Å². The van der Waals surface area contributed by atoms with Crippen molar-refractivity contribution >= 4 is 22.4 Å². The lowest BCUT2D eigenvalue weighted by Crippen LogP contribution is -2.31. The highest BCUT2D eigenvalue weighted by Gasteiger charge is 2.25. The summed E-state index contributed by atoms with van der Waals surface area (Å²) in [6.45, 7) is 5.76. The van der Waals surface area contributed by atoms with Gasteiger partial charge >= 0.3 is 0 Å². The molecule has 186 valence electrons. The van der Waals surface area contributed by atoms with E-state index in [-0.39, 0.29) is 18.4 Å². The summed E-state index contributed by atoms with van der Waals surface area (Å²) in [7, 11) is 0. The predicted molar refractivity (Wildman–Crippen MR) is 133 cm³/mol. The number of ether oxygens (including phenoxy) is 1. The minimum absolute atomic E-state index is 0.189. The van der Waals surface area contributed by atoms with Crippen molar-refractivity contribution in [3.8, 4) is 5.75 Å². The first-order valence-electron chi connectivity index (χ1n) is 11.9. The Bertz CT molecular complexity index is 1400. The van der Waals surface area contributed by atoms with Gasteiger partial charge in [0.05, 0.1) is 16.8 Å². The molecule has 1 N–H and O–H groups in total. The van der Waals surface area contributed by atoms with E-state index in [0.29, 0.717) is 42.4 Å². The molecule has 1 aliphatic rings. The highest BCUT2D eigenvalue weighted by atomic mass is 19.2. The number of hydrogen-bond donors (Lipinski definition) is 1. The number of nitrogens with one attached hydrogen (secondary N) is 1. The highest BCUT2D eigenvalue weighted by Crippen LogP contribution is 2.29. The first-order valence-corrected chi connectivity index (χ1v) is 11.9. The molecule has 4 aromatic rings. The van der Waals surface area contributed by atoms with Gasteiger partial charge in [-0.15, -0.1) is 0 Å². The Balaban J connectivity index is 1.29. The van der Waals surface area contributed by atoms with Crippen LogP contribution in [0.2, 0.25) is 0 Å². The molecule has 1 unspecified atom stereocenters. The molecule has 1 saturated heterocycles. The second-order valence-electron chi connectivity index (χ2n) is 9.20. The van der Waals surface area contributed by atoms with Crippen LogP contribution in [0, 0.1) is 31.4 Å². The zero-order valence-electron chi connectivity index (χ0n) is 20.2. The molecule has 2 heterocycles. The third-order valence-corrected chi connectivity index (χ3v) is 6.75. The maximum Gasteiger partial charge on any atom is 0.255 e. The van der Waals surface area contributed by atoms with Crippen molar-refractivity contribution in [2.24, 2.45) is 5.92 Å². The first kappa shape index (κ1) is 23.8. The smallest absolute Gasteiger partial charge is 0.255 e. The van der Waals surface area contributed by atoms with Crippen LogP contribution >= 0.6 is 0 Å². The fraction of sp³-hybridized carbons (Fsp3) is 0.286. The van der Waals surface area contributed by atoms with Crippen molar-refractivity contribution in [2.75, 3.05) is 24.5 Å². The summed E-state index contributed by atoms with van der Waals surface area (Å²) in [5, 5.41) is 8.93. The summed E-state index contributed by atoms with van der Waals surface area (Å²) < 4.78 is 38.2. The number of carbonyl (C=O) groups is 1. The van der Waals surface area contributed by atoms with Crippen LogP contribution in [0.1, 0.15) is 33.8 Å². The maximum atomic E-state index is 13.6. The van der Waals surface area contributed by atoms with Gasteiger partial charge in [0.15, 0.2) is 11.6 Å². The lowest BCUT2D eigenvalue weighted by Gasteiger charge is -2.19. The normalized spacial score (nSPS) is 15.4. The summed E-state index contributed by atoms with van der Waals surface area (Å²) in [6, 6.07) is 15.5. The van der Waals surface area contributed by atoms with E-state index in [1.165, 1.54) is 6.07 Å². The average molecular weight is 492 g/mol. The molecule has 3 aromatic carbocycles. The Kier molecular flexibility index (Phi) is 6.59. The molecule has 1 aromatic heterocycles. The van der Waals surface area contributed by atoms with E-state index >= 15 is 0 Å². The quantitative estimate of drug-likeness (QED) is 0.367. The highest BCUT2D eigenvalue weighted by molar-refractivity contribution is 6.01. The second-order valence-corrected chi connectivity index (χ2v) is 9.20. The van der Waals surface area contributed by atoms with Crippen molar-refractivity contribution < 1.29 is 22.8 Å². The van der Waals surface area contributed by atoms with Crippen molar-refractivity contribution in [1.82, 2.24) is 10.5 Å². The van der Waals surface area contributed by atoms with Crippen LogP contribution in [0.15, 0.2) is 59.1 Å². The molecule has 6 nitrogen and oxygen atoms in total. The molecule has 0 bridgehead atoms. The van der Waals surface area contributed by atoms with Gasteiger partial charge in [-0.1, -0.05) is 29.4 Å². The molecule has 1 fully saturated rings. The summed E-state index contributed by atoms with van der Waals surface area (Å²) >= 11 is 0. The van der Waals surface area contributed by atoms with Gasteiger partial charge in [0, 0.05) is 31.4 Å². The van der Waals surface area contributed by atoms with Crippen LogP contribution in [0.3, 0.4) is 0 Å². The van der Waals surface area contributed by atoms with E-state index < -0.39 is 11.6 Å². The van der Waals surface area contributed by atoms with Gasteiger partial charge in [0.25, 0.3) is 5.91 Å². The standard InChI is InChI=1S/C28H27F2N3O3/c1-17-24(18(2)36-32-17)16-35-27-12-21-6-4-3-5-20(21)11-23(27)28(34)31-14-19-9-10-33(15-19)22-7-8-25(29)26(30)13-22/h3-8,11-13,19H,9-10,14-16H2,1-2H3,(H,31,34). The number of aryl methyl sites for hydroxylation is 2. The van der Waals surface area contributed by atoms with E-state index in [1.54, 1.807) is 6.07 Å². The molecule has 5 rings (SSSR count). The average Bonchev–Trinajstić information content (AvgIpc) is 3.48. The summed E-state index contributed by atoms with van der Waals surface area (Å²) in [4.78, 5) is 15.3. The minimum atomic E-state index is -0.857. The van der Waals surface area contributed by atoms with Crippen molar-refractivity contribution in [1.29, 1.82) is 0 Å². The van der Waals surface area contributed by atoms with E-state index in [2.05, 4.69) is 10.5 Å². The number of carbonyl (C=O) groups excluding carboxylic acids is 1. The molecule has 0 aliphatic carbocycles. The summed E-state index contributed by atoms with van der Waals surface area (Å²) in [6.07, 6.45) is 0.840. The number of halogens is 2. The van der Waals surface area contributed by atoms with Crippen LogP contribution in [-0.4, -0.2) is 30.7 Å². The fourth-order valence-corrected chi connectivity index (χ4v) is 4.62. The zero-order valence-corrected chi connectivity index (χ0v) is 20.2. The Morgan fingerprint density at radius 2 is 1.89 bits per heavy atom. The summed E-state index contributed by atoms with van der Waals surface area (Å²) in [5.74, 6) is -0.573. The lowest BCUT2D eigenvalue weighted by atomic mass is 10.0. The molecule has 0 spiro atoms. The van der Waals surface area contributed by atoms with Gasteiger partial charge in [0.1, 0.15) is 18.1 Å². The SMILES string of the molecule is Cc1noc(C)c1COc1cc2ccccc2cc1C(=O)NCC1CCN(c2ccc(F)c(F)c2)C1. The van der Waals surface area contributed by atoms with Gasteiger partial charge in [-0.25, -0.2) is 8.78 Å². The third-order valence-electron chi connectivity index (χ3n) is 6.75. The van der Waals surface area contributed by atoms with Crippen LogP contribution < -0.4 is 15.0 Å². The Hall–Kier alpha value is -3.94. The maximum absolute atomic E-state index is 13.6. The second kappa shape index (κ2) is 9.97. The number of anilines is 1. The monoisotopic (exact) mass is 491 g/mol. The van der Waals surface area contributed by atoms with Crippen molar-refractivity contribution in [2.45, 2.75) is 26.9 Å². The predicted octanol–water partition coefficient (Wildman–Crippen LogP) is 5.56. The first-order chi connectivity index (χ1) is 17.4. The molecular formula is C28H27F2N3O3. The van der Waals surface area contributed by atoms with Crippen LogP contribution in [-0.2, 0) is 6.61 Å². The molecular weight excluding hydrogens is 464 g/mol. The molecule has 0 radical (unpaired) electrons. The Morgan fingerprint density at radius 3 is 2.61 bits per heavy atom. The number of hydrogen-bond acceptors (Lipinski definition) is 5. The molecule has 1 atom stereocenters. The Labute approximate surface area is 207 Å². The zero-order chi connectivity index (χ0) is 25.2. The van der Waals surface area contributed by atoms with Crippen LogP contribution in [0.4, 0.5) is 14.5 Å². The van der Waals surface area contributed by atoms with Crippen LogP contribution in [0.25, 0.3) is 10.8 Å². The lowest BCUT2D eigenvalue weighted by molar-refractivity contribution is 0.0944. The molecule has 8 heteroatoms. The number of amides is 1. The topological polar surface area (TPSA) is 67.6 Å². The van der Waals surface area contributed by atoms with Gasteiger partial charge in [-0.05, 0) is 61.2 Å². The van der Waals surface area contributed by atoms with Gasteiger partial charge in [-0.3, -0.25) is 4.79 Å². The van der Waals surface area contributed by atoms with Crippen LogP contribution in [0.5, 0.6) is 5.75 Å². The largest absolute Gasteiger partial charge is 0.488 e. The molecule has 36 heavy (non-hydrogen) atoms. The van der Waals surface area contributed by atoms with Crippen molar-refractivity contribution in [3.63, 3.8) is 0 Å².